The minimum absolute atomic E-state index is 0.163. The Balaban J connectivity index is 2.29. The molecule has 0 saturated carbocycles. The van der Waals surface area contributed by atoms with E-state index in [1.807, 2.05) is 18.2 Å². The molecule has 3 N–H and O–H groups in total. The summed E-state index contributed by atoms with van der Waals surface area (Å²) < 4.78 is 0. The van der Waals surface area contributed by atoms with Gasteiger partial charge in [-0.05, 0) is 43.5 Å². The van der Waals surface area contributed by atoms with Crippen LogP contribution in [0.4, 0.5) is 5.69 Å². The molecule has 0 aromatic heterocycles. The molecule has 1 heterocycles. The van der Waals surface area contributed by atoms with Crippen molar-refractivity contribution in [1.29, 1.82) is 0 Å². The molecule has 1 aromatic rings. The number of hydrogen-bond acceptors (Lipinski definition) is 3. The quantitative estimate of drug-likeness (QED) is 0.344. The van der Waals surface area contributed by atoms with Crippen molar-refractivity contribution in [3.8, 4) is 0 Å². The van der Waals surface area contributed by atoms with Gasteiger partial charge in [-0.25, -0.2) is 0 Å². The number of benzene rings is 1. The molecule has 0 spiro atoms. The van der Waals surface area contributed by atoms with Crippen molar-refractivity contribution in [1.82, 2.24) is 0 Å². The van der Waals surface area contributed by atoms with E-state index in [2.05, 4.69) is 17.0 Å². The number of aryl methyl sites for hydroxylation is 1. The zero-order valence-corrected chi connectivity index (χ0v) is 9.48. The van der Waals surface area contributed by atoms with Gasteiger partial charge in [0.25, 0.3) is 0 Å². The summed E-state index contributed by atoms with van der Waals surface area (Å²) in [6.45, 7) is 4.31. The van der Waals surface area contributed by atoms with Crippen molar-refractivity contribution in [3.63, 3.8) is 0 Å². The lowest BCUT2D eigenvalue weighted by Crippen LogP contribution is -2.19. The van der Waals surface area contributed by atoms with Gasteiger partial charge >= 0.3 is 0 Å². The number of amidine groups is 1. The lowest BCUT2D eigenvalue weighted by Gasteiger charge is -2.20. The predicted molar refractivity (Wildman–Crippen MR) is 65.1 cm³/mol. The molecule has 16 heavy (non-hydrogen) atoms. The van der Waals surface area contributed by atoms with E-state index in [1.165, 1.54) is 24.1 Å². The Bertz CT molecular complexity index is 409. The molecule has 86 valence electrons. The Kier molecular flexibility index (Phi) is 2.99. The highest BCUT2D eigenvalue weighted by Crippen LogP contribution is 2.24. The highest BCUT2D eigenvalue weighted by molar-refractivity contribution is 5.97. The van der Waals surface area contributed by atoms with E-state index in [9.17, 15) is 0 Å². The Morgan fingerprint density at radius 2 is 2.06 bits per heavy atom. The number of hydrogen-bond donors (Lipinski definition) is 2. The van der Waals surface area contributed by atoms with E-state index < -0.39 is 0 Å². The van der Waals surface area contributed by atoms with Gasteiger partial charge in [0.2, 0.25) is 0 Å². The molecule has 2 rings (SSSR count). The molecule has 1 aliphatic heterocycles. The van der Waals surface area contributed by atoms with Gasteiger partial charge in [-0.1, -0.05) is 5.16 Å². The van der Waals surface area contributed by atoms with Crippen LogP contribution in [0.3, 0.4) is 0 Å². The number of nitrogens with two attached hydrogens (primary N) is 1. The molecule has 0 radical (unpaired) electrons. The fourth-order valence-corrected chi connectivity index (χ4v) is 2.19. The first kappa shape index (κ1) is 10.8. The number of rotatable bonds is 2. The Morgan fingerprint density at radius 3 is 2.62 bits per heavy atom. The maximum Gasteiger partial charge on any atom is 0.170 e. The van der Waals surface area contributed by atoms with Gasteiger partial charge in [0, 0.05) is 24.3 Å². The predicted octanol–water partition coefficient (Wildman–Crippen LogP) is 1.69. The highest BCUT2D eigenvalue weighted by atomic mass is 16.4. The van der Waals surface area contributed by atoms with Gasteiger partial charge < -0.3 is 15.8 Å². The van der Waals surface area contributed by atoms with E-state index in [1.54, 1.807) is 0 Å². The topological polar surface area (TPSA) is 61.9 Å². The van der Waals surface area contributed by atoms with E-state index in [-0.39, 0.29) is 5.84 Å². The summed E-state index contributed by atoms with van der Waals surface area (Å²) in [5.74, 6) is 0.163. The maximum absolute atomic E-state index is 8.61. The fraction of sp³-hybridized carbons (Fsp3) is 0.417. The normalized spacial score (nSPS) is 16.8. The van der Waals surface area contributed by atoms with Crippen LogP contribution in [-0.4, -0.2) is 24.1 Å². The van der Waals surface area contributed by atoms with Gasteiger partial charge in [-0.3, -0.25) is 0 Å². The van der Waals surface area contributed by atoms with Gasteiger partial charge in [0.15, 0.2) is 5.84 Å². The third-order valence-electron chi connectivity index (χ3n) is 3.05. The van der Waals surface area contributed by atoms with Crippen LogP contribution < -0.4 is 10.6 Å². The monoisotopic (exact) mass is 219 g/mol. The average molecular weight is 219 g/mol. The van der Waals surface area contributed by atoms with Crippen molar-refractivity contribution in [2.75, 3.05) is 18.0 Å². The van der Waals surface area contributed by atoms with Crippen LogP contribution in [-0.2, 0) is 0 Å². The van der Waals surface area contributed by atoms with Crippen LogP contribution in [0.2, 0.25) is 0 Å². The summed E-state index contributed by atoms with van der Waals surface area (Å²) in [4.78, 5) is 2.38. The van der Waals surface area contributed by atoms with Crippen molar-refractivity contribution in [3.05, 3.63) is 29.3 Å². The van der Waals surface area contributed by atoms with Crippen molar-refractivity contribution >= 4 is 11.5 Å². The SMILES string of the molecule is Cc1cc(/C(N)=N/O)ccc1N1CCCC1. The van der Waals surface area contributed by atoms with Gasteiger partial charge in [-0.2, -0.15) is 0 Å². The Hall–Kier alpha value is -1.71. The molecule has 0 amide bonds. The lowest BCUT2D eigenvalue weighted by molar-refractivity contribution is 0.318. The minimum atomic E-state index is 0.163. The first-order valence-electron chi connectivity index (χ1n) is 5.56. The average Bonchev–Trinajstić information content (AvgIpc) is 2.81. The standard InChI is InChI=1S/C12H17N3O/c1-9-8-10(12(13)14-16)4-5-11(9)15-6-2-3-7-15/h4-5,8,16H,2-3,6-7H2,1H3,(H2,13,14). The van der Waals surface area contributed by atoms with Crippen LogP contribution >= 0.6 is 0 Å². The van der Waals surface area contributed by atoms with Gasteiger partial charge in [0.05, 0.1) is 0 Å². The molecule has 0 bridgehead atoms. The smallest absolute Gasteiger partial charge is 0.170 e. The second-order valence-corrected chi connectivity index (χ2v) is 4.18. The Labute approximate surface area is 95.4 Å². The summed E-state index contributed by atoms with van der Waals surface area (Å²) in [5, 5.41) is 11.6. The first-order valence-corrected chi connectivity index (χ1v) is 5.56. The van der Waals surface area contributed by atoms with Crippen LogP contribution in [0.5, 0.6) is 0 Å². The van der Waals surface area contributed by atoms with E-state index in [0.29, 0.717) is 0 Å². The summed E-state index contributed by atoms with van der Waals surface area (Å²) in [5.41, 5.74) is 8.75. The minimum Gasteiger partial charge on any atom is -0.409 e. The molecule has 4 heteroatoms. The molecule has 0 atom stereocenters. The second kappa shape index (κ2) is 4.43. The van der Waals surface area contributed by atoms with Crippen molar-refractivity contribution in [2.45, 2.75) is 19.8 Å². The molecule has 1 fully saturated rings. The van der Waals surface area contributed by atoms with Gasteiger partial charge in [0.1, 0.15) is 0 Å². The van der Waals surface area contributed by atoms with Gasteiger partial charge in [-0.15, -0.1) is 0 Å². The molecule has 1 saturated heterocycles. The zero-order chi connectivity index (χ0) is 11.5. The molecule has 0 unspecified atom stereocenters. The summed E-state index contributed by atoms with van der Waals surface area (Å²) in [6, 6.07) is 5.91. The first-order chi connectivity index (χ1) is 7.72. The van der Waals surface area contributed by atoms with Crippen LogP contribution in [0.25, 0.3) is 0 Å². The third kappa shape index (κ3) is 1.96. The summed E-state index contributed by atoms with van der Waals surface area (Å²) in [7, 11) is 0. The molecular weight excluding hydrogens is 202 g/mol. The van der Waals surface area contributed by atoms with Crippen LogP contribution in [0.1, 0.15) is 24.0 Å². The van der Waals surface area contributed by atoms with Crippen LogP contribution in [0, 0.1) is 6.92 Å². The largest absolute Gasteiger partial charge is 0.409 e. The maximum atomic E-state index is 8.61. The van der Waals surface area contributed by atoms with E-state index in [0.717, 1.165) is 18.7 Å². The van der Waals surface area contributed by atoms with Crippen molar-refractivity contribution < 1.29 is 5.21 Å². The number of oxime groups is 1. The summed E-state index contributed by atoms with van der Waals surface area (Å²) >= 11 is 0. The lowest BCUT2D eigenvalue weighted by atomic mass is 10.1. The highest BCUT2D eigenvalue weighted by Gasteiger charge is 2.14. The Morgan fingerprint density at radius 1 is 1.38 bits per heavy atom. The fourth-order valence-electron chi connectivity index (χ4n) is 2.19. The molecular formula is C12H17N3O. The molecule has 0 aliphatic carbocycles. The third-order valence-corrected chi connectivity index (χ3v) is 3.05. The zero-order valence-electron chi connectivity index (χ0n) is 9.48. The van der Waals surface area contributed by atoms with E-state index >= 15 is 0 Å². The number of anilines is 1. The second-order valence-electron chi connectivity index (χ2n) is 4.18. The van der Waals surface area contributed by atoms with E-state index in [4.69, 9.17) is 10.9 Å². The number of nitrogens with zero attached hydrogens (tertiary/aromatic N) is 2. The molecule has 1 aromatic carbocycles. The summed E-state index contributed by atoms with van der Waals surface area (Å²) in [6.07, 6.45) is 2.53. The van der Waals surface area contributed by atoms with Crippen molar-refractivity contribution in [2.24, 2.45) is 10.9 Å². The van der Waals surface area contributed by atoms with Crippen LogP contribution in [0.15, 0.2) is 23.4 Å². The molecule has 1 aliphatic rings. The molecule has 4 nitrogen and oxygen atoms in total.